The van der Waals surface area contributed by atoms with E-state index in [1.54, 1.807) is 11.1 Å². The van der Waals surface area contributed by atoms with E-state index in [9.17, 15) is 0 Å². The van der Waals surface area contributed by atoms with Crippen LogP contribution in [0.25, 0.3) is 0 Å². The fraction of sp³-hybridized carbons (Fsp3) is 0.750. The molecule has 1 heterocycles. The van der Waals surface area contributed by atoms with Crippen molar-refractivity contribution >= 4 is 19.8 Å². The Hall–Kier alpha value is -0.133. The van der Waals surface area contributed by atoms with Crippen molar-refractivity contribution in [3.8, 4) is 11.5 Å². The van der Waals surface area contributed by atoms with Gasteiger partial charge < -0.3 is 0 Å². The third-order valence-corrected chi connectivity index (χ3v) is 5.67. The van der Waals surface area contributed by atoms with E-state index >= 15 is 0 Å². The predicted molar refractivity (Wildman–Crippen MR) is 88.8 cm³/mol. The smallest absolute Gasteiger partial charge is 0.129 e. The molecule has 0 amide bonds. The predicted octanol–water partition coefficient (Wildman–Crippen LogP) is 5.13. The van der Waals surface area contributed by atoms with Gasteiger partial charge in [-0.1, -0.05) is 50.6 Å². The highest BCUT2D eigenvalue weighted by molar-refractivity contribution is 8.01. The molecular weight excluding hydrogens is 252 g/mol. The summed E-state index contributed by atoms with van der Waals surface area (Å²) in [6.07, 6.45) is 2.39. The Morgan fingerprint density at radius 3 is 2.28 bits per heavy atom. The number of thioether (sulfide) groups is 1. The van der Waals surface area contributed by atoms with Crippen LogP contribution in [0.4, 0.5) is 0 Å². The van der Waals surface area contributed by atoms with Crippen molar-refractivity contribution in [3.05, 3.63) is 11.1 Å². The van der Waals surface area contributed by atoms with Crippen LogP contribution in [0.5, 0.6) is 0 Å². The minimum atomic E-state index is -1.27. The molecule has 0 spiro atoms. The first kappa shape index (κ1) is 15.9. The van der Waals surface area contributed by atoms with Gasteiger partial charge in [0.25, 0.3) is 0 Å². The first-order valence-electron chi connectivity index (χ1n) is 6.97. The van der Waals surface area contributed by atoms with Gasteiger partial charge in [-0.25, -0.2) is 0 Å². The quantitative estimate of drug-likeness (QED) is 0.384. The fourth-order valence-electron chi connectivity index (χ4n) is 2.22. The second kappa shape index (κ2) is 5.88. The topological polar surface area (TPSA) is 0 Å². The Bertz CT molecular complexity index is 390. The van der Waals surface area contributed by atoms with Gasteiger partial charge in [-0.05, 0) is 32.6 Å². The standard InChI is InChI=1S/C16H28SSi/c1-13(2)10-16(8-9-18(5,6)7)11-14(3)15(4)12-17-16/h13H,10-12H2,1-7H3. The maximum Gasteiger partial charge on any atom is 0.129 e. The van der Waals surface area contributed by atoms with E-state index in [2.05, 4.69) is 70.6 Å². The molecule has 0 saturated carbocycles. The van der Waals surface area contributed by atoms with Crippen LogP contribution in [-0.2, 0) is 0 Å². The van der Waals surface area contributed by atoms with Crippen molar-refractivity contribution in [1.82, 2.24) is 0 Å². The molecular formula is C16H28SSi. The highest BCUT2D eigenvalue weighted by Gasteiger charge is 2.33. The van der Waals surface area contributed by atoms with Gasteiger partial charge in [0, 0.05) is 5.75 Å². The van der Waals surface area contributed by atoms with Gasteiger partial charge >= 0.3 is 0 Å². The van der Waals surface area contributed by atoms with Crippen molar-refractivity contribution in [1.29, 1.82) is 0 Å². The monoisotopic (exact) mass is 280 g/mol. The lowest BCUT2D eigenvalue weighted by Crippen LogP contribution is -2.30. The van der Waals surface area contributed by atoms with Gasteiger partial charge in [-0.2, -0.15) is 0 Å². The number of rotatable bonds is 2. The lowest BCUT2D eigenvalue weighted by molar-refractivity contribution is 0.511. The van der Waals surface area contributed by atoms with Gasteiger partial charge in [-0.3, -0.25) is 0 Å². The van der Waals surface area contributed by atoms with Gasteiger partial charge in [0.05, 0.1) is 4.75 Å². The average Bonchev–Trinajstić information content (AvgIpc) is 2.20. The molecule has 0 saturated heterocycles. The zero-order valence-corrected chi connectivity index (χ0v) is 14.9. The molecule has 102 valence electrons. The molecule has 1 unspecified atom stereocenters. The van der Waals surface area contributed by atoms with Crippen LogP contribution in [0, 0.1) is 17.4 Å². The Balaban J connectivity index is 3.01. The van der Waals surface area contributed by atoms with Gasteiger partial charge in [-0.15, -0.1) is 17.3 Å². The van der Waals surface area contributed by atoms with Crippen molar-refractivity contribution in [3.63, 3.8) is 0 Å². The molecule has 0 bridgehead atoms. The zero-order chi connectivity index (χ0) is 14.0. The summed E-state index contributed by atoms with van der Waals surface area (Å²) in [5, 5.41) is 0. The molecule has 1 rings (SSSR count). The Labute approximate surface area is 119 Å². The van der Waals surface area contributed by atoms with Crippen molar-refractivity contribution < 1.29 is 0 Å². The molecule has 0 nitrogen and oxygen atoms in total. The van der Waals surface area contributed by atoms with Crippen LogP contribution in [0.1, 0.15) is 40.5 Å². The second-order valence-electron chi connectivity index (χ2n) is 7.12. The lowest BCUT2D eigenvalue weighted by atomic mass is 9.89. The second-order valence-corrected chi connectivity index (χ2v) is 13.2. The summed E-state index contributed by atoms with van der Waals surface area (Å²) in [4.78, 5) is 0. The molecule has 1 aliphatic rings. The van der Waals surface area contributed by atoms with Crippen LogP contribution >= 0.6 is 11.8 Å². The highest BCUT2D eigenvalue weighted by Crippen LogP contribution is 2.43. The molecule has 0 fully saturated rings. The third-order valence-electron chi connectivity index (χ3n) is 3.25. The van der Waals surface area contributed by atoms with Crippen molar-refractivity contribution in [2.75, 3.05) is 5.75 Å². The van der Waals surface area contributed by atoms with E-state index in [0.717, 1.165) is 5.92 Å². The van der Waals surface area contributed by atoms with Crippen molar-refractivity contribution in [2.45, 2.75) is 64.9 Å². The Morgan fingerprint density at radius 1 is 1.22 bits per heavy atom. The zero-order valence-electron chi connectivity index (χ0n) is 13.1. The molecule has 2 heteroatoms. The summed E-state index contributed by atoms with van der Waals surface area (Å²) in [6.45, 7) is 16.2. The summed E-state index contributed by atoms with van der Waals surface area (Å²) < 4.78 is 0.192. The summed E-state index contributed by atoms with van der Waals surface area (Å²) in [5.41, 5.74) is 6.75. The highest BCUT2D eigenvalue weighted by atomic mass is 32.2. The molecule has 0 N–H and O–H groups in total. The van der Waals surface area contributed by atoms with E-state index in [4.69, 9.17) is 0 Å². The van der Waals surface area contributed by atoms with Crippen LogP contribution in [0.15, 0.2) is 11.1 Å². The SMILES string of the molecule is CC1=C(C)CC(C#C[Si](C)(C)C)(CC(C)C)SC1. The molecule has 0 aromatic rings. The van der Waals surface area contributed by atoms with Crippen LogP contribution in [0.3, 0.4) is 0 Å². The molecule has 1 atom stereocenters. The normalized spacial score (nSPS) is 25.1. The molecule has 1 aliphatic heterocycles. The summed E-state index contributed by atoms with van der Waals surface area (Å²) >= 11 is 2.08. The largest absolute Gasteiger partial charge is 0.137 e. The molecule has 0 aromatic heterocycles. The number of hydrogen-bond acceptors (Lipinski definition) is 1. The fourth-order valence-corrected chi connectivity index (χ4v) is 4.56. The van der Waals surface area contributed by atoms with Crippen LogP contribution in [-0.4, -0.2) is 18.6 Å². The van der Waals surface area contributed by atoms with E-state index in [1.807, 2.05) is 0 Å². The van der Waals surface area contributed by atoms with E-state index in [-0.39, 0.29) is 4.75 Å². The van der Waals surface area contributed by atoms with Gasteiger partial charge in [0.1, 0.15) is 8.07 Å². The maximum absolute atomic E-state index is 3.70. The van der Waals surface area contributed by atoms with Gasteiger partial charge in [0.15, 0.2) is 0 Å². The molecule has 18 heavy (non-hydrogen) atoms. The number of hydrogen-bond donors (Lipinski definition) is 0. The number of allylic oxidation sites excluding steroid dienone is 1. The van der Waals surface area contributed by atoms with Crippen LogP contribution in [0.2, 0.25) is 19.6 Å². The molecule has 0 aliphatic carbocycles. The molecule has 0 aromatic carbocycles. The minimum absolute atomic E-state index is 0.192. The third kappa shape index (κ3) is 4.86. The first-order chi connectivity index (χ1) is 8.14. The average molecular weight is 281 g/mol. The van der Waals surface area contributed by atoms with E-state index in [0.29, 0.717) is 0 Å². The first-order valence-corrected chi connectivity index (χ1v) is 11.5. The van der Waals surface area contributed by atoms with Crippen LogP contribution < -0.4 is 0 Å². The summed E-state index contributed by atoms with van der Waals surface area (Å²) in [6, 6.07) is 0. The lowest BCUT2D eigenvalue weighted by Gasteiger charge is -2.35. The summed E-state index contributed by atoms with van der Waals surface area (Å²) in [5.74, 6) is 5.59. The minimum Gasteiger partial charge on any atom is -0.137 e. The molecule has 0 radical (unpaired) electrons. The maximum atomic E-state index is 3.70. The van der Waals surface area contributed by atoms with E-state index < -0.39 is 8.07 Å². The summed E-state index contributed by atoms with van der Waals surface area (Å²) in [7, 11) is -1.27. The van der Waals surface area contributed by atoms with Gasteiger partial charge in [0.2, 0.25) is 0 Å². The Kier molecular flexibility index (Phi) is 5.20. The van der Waals surface area contributed by atoms with Crippen molar-refractivity contribution in [2.24, 2.45) is 5.92 Å². The Morgan fingerprint density at radius 2 is 1.83 bits per heavy atom. The van der Waals surface area contributed by atoms with E-state index in [1.165, 1.54) is 18.6 Å².